The first-order valence-corrected chi connectivity index (χ1v) is 11.6. The van der Waals surface area contributed by atoms with Crippen LogP contribution < -0.4 is 15.5 Å². The maximum absolute atomic E-state index is 13.4. The van der Waals surface area contributed by atoms with Crippen LogP contribution in [-0.4, -0.2) is 36.0 Å². The number of aromatic nitrogens is 2. The number of carbonyl (C=O) groups excluding carboxylic acids is 1. The molecule has 1 heterocycles. The molecule has 1 aliphatic carbocycles. The average molecular weight is 500 g/mol. The quantitative estimate of drug-likeness (QED) is 0.505. The average Bonchev–Trinajstić information content (AvgIpc) is 2.79. The van der Waals surface area contributed by atoms with Crippen LogP contribution >= 0.6 is 15.9 Å². The molecule has 0 radical (unpaired) electrons. The molecule has 1 aromatic heterocycles. The largest absolute Gasteiger partial charge is 0.362 e. The van der Waals surface area contributed by atoms with Crippen molar-refractivity contribution in [2.45, 2.75) is 38.3 Å². The zero-order valence-electron chi connectivity index (χ0n) is 18.2. The normalized spacial score (nSPS) is 18.4. The minimum absolute atomic E-state index is 0.00760. The summed E-state index contributed by atoms with van der Waals surface area (Å²) < 4.78 is 13.8. The highest BCUT2D eigenvalue weighted by Gasteiger charge is 2.26. The Balaban J connectivity index is 1.33. The first-order chi connectivity index (χ1) is 15.4. The molecule has 2 aromatic carbocycles. The van der Waals surface area contributed by atoms with Crippen LogP contribution in [0.1, 0.15) is 31.2 Å². The van der Waals surface area contributed by atoms with Gasteiger partial charge < -0.3 is 15.5 Å². The van der Waals surface area contributed by atoms with Crippen LogP contribution in [0, 0.1) is 11.7 Å². The van der Waals surface area contributed by atoms with Gasteiger partial charge in [0.15, 0.2) is 0 Å². The van der Waals surface area contributed by atoms with E-state index in [0.29, 0.717) is 17.0 Å². The highest BCUT2D eigenvalue weighted by atomic mass is 79.9. The molecule has 6 nitrogen and oxygen atoms in total. The van der Waals surface area contributed by atoms with Gasteiger partial charge in [-0.1, -0.05) is 18.2 Å². The summed E-state index contributed by atoms with van der Waals surface area (Å²) in [6, 6.07) is 13.0. The first-order valence-electron chi connectivity index (χ1n) is 10.8. The molecule has 3 aromatic rings. The summed E-state index contributed by atoms with van der Waals surface area (Å²) in [5.74, 6) is 1.26. The molecule has 4 rings (SSSR count). The number of halogens is 2. The molecule has 1 saturated carbocycles. The minimum Gasteiger partial charge on any atom is -0.362 e. The Hall–Kier alpha value is -2.74. The van der Waals surface area contributed by atoms with Crippen molar-refractivity contribution < 1.29 is 9.18 Å². The fourth-order valence-corrected chi connectivity index (χ4v) is 4.56. The van der Waals surface area contributed by atoms with Crippen LogP contribution in [0.15, 0.2) is 46.9 Å². The summed E-state index contributed by atoms with van der Waals surface area (Å²) in [6.45, 7) is 0.397. The summed E-state index contributed by atoms with van der Waals surface area (Å²) in [4.78, 5) is 24.0. The lowest BCUT2D eigenvalue weighted by Gasteiger charge is -2.28. The second kappa shape index (κ2) is 9.81. The van der Waals surface area contributed by atoms with E-state index in [1.54, 1.807) is 12.1 Å². The second-order valence-electron chi connectivity index (χ2n) is 8.44. The monoisotopic (exact) mass is 499 g/mol. The molecule has 0 aliphatic heterocycles. The molecule has 32 heavy (non-hydrogen) atoms. The maximum atomic E-state index is 13.4. The molecule has 1 fully saturated rings. The number of nitrogens with one attached hydrogen (secondary N) is 2. The Bertz CT molecular complexity index is 1110. The van der Waals surface area contributed by atoms with Crippen molar-refractivity contribution in [1.82, 2.24) is 15.3 Å². The van der Waals surface area contributed by atoms with E-state index in [4.69, 9.17) is 4.98 Å². The van der Waals surface area contributed by atoms with Gasteiger partial charge in [-0.15, -0.1) is 0 Å². The van der Waals surface area contributed by atoms with Crippen molar-refractivity contribution in [1.29, 1.82) is 0 Å². The van der Waals surface area contributed by atoms with Crippen molar-refractivity contribution in [3.8, 4) is 0 Å². The van der Waals surface area contributed by atoms with E-state index in [0.717, 1.165) is 48.0 Å². The Labute approximate surface area is 195 Å². The molecule has 8 heteroatoms. The molecule has 0 atom stereocenters. The van der Waals surface area contributed by atoms with Gasteiger partial charge >= 0.3 is 0 Å². The molecule has 2 N–H and O–H groups in total. The molecule has 0 spiro atoms. The SMILES string of the molecule is CN(C)c1nc(NC2CCC(C(=O)NCc3ccc(F)c(Br)c3)CC2)nc2ccccc12. The van der Waals surface area contributed by atoms with Gasteiger partial charge in [0.1, 0.15) is 11.6 Å². The Morgan fingerprint density at radius 1 is 1.12 bits per heavy atom. The number of anilines is 2. The van der Waals surface area contributed by atoms with E-state index in [1.807, 2.05) is 43.3 Å². The predicted octanol–water partition coefficient (Wildman–Crippen LogP) is 4.88. The van der Waals surface area contributed by atoms with Crippen molar-refractivity contribution in [2.24, 2.45) is 5.92 Å². The van der Waals surface area contributed by atoms with Gasteiger partial charge in [0.25, 0.3) is 0 Å². The Morgan fingerprint density at radius 3 is 2.59 bits per heavy atom. The van der Waals surface area contributed by atoms with Crippen molar-refractivity contribution in [3.63, 3.8) is 0 Å². The van der Waals surface area contributed by atoms with Gasteiger partial charge in [-0.25, -0.2) is 9.37 Å². The lowest BCUT2D eigenvalue weighted by molar-refractivity contribution is -0.126. The second-order valence-corrected chi connectivity index (χ2v) is 9.30. The van der Waals surface area contributed by atoms with Gasteiger partial charge in [-0.3, -0.25) is 4.79 Å². The van der Waals surface area contributed by atoms with Gasteiger partial charge in [-0.05, 0) is 71.4 Å². The molecule has 0 unspecified atom stereocenters. The van der Waals surface area contributed by atoms with Gasteiger partial charge in [0.2, 0.25) is 11.9 Å². The maximum Gasteiger partial charge on any atom is 0.225 e. The number of amides is 1. The van der Waals surface area contributed by atoms with Crippen LogP contribution in [-0.2, 0) is 11.3 Å². The Morgan fingerprint density at radius 2 is 1.88 bits per heavy atom. The van der Waals surface area contributed by atoms with Crippen LogP contribution in [0.2, 0.25) is 0 Å². The fourth-order valence-electron chi connectivity index (χ4n) is 4.13. The number of benzene rings is 2. The number of hydrogen-bond donors (Lipinski definition) is 2. The van der Waals surface area contributed by atoms with Crippen LogP contribution in [0.5, 0.6) is 0 Å². The zero-order valence-corrected chi connectivity index (χ0v) is 19.8. The standard InChI is InChI=1S/C24H27BrFN5O/c1-31(2)22-18-5-3-4-6-21(18)29-24(30-22)28-17-10-8-16(9-11-17)23(32)27-14-15-7-12-20(26)19(25)13-15/h3-7,12-13,16-17H,8-11,14H2,1-2H3,(H,27,32)(H,28,29,30). The summed E-state index contributed by atoms with van der Waals surface area (Å²) in [6.07, 6.45) is 3.39. The van der Waals surface area contributed by atoms with E-state index in [2.05, 4.69) is 31.5 Å². The summed E-state index contributed by atoms with van der Waals surface area (Å²) >= 11 is 3.18. The predicted molar refractivity (Wildman–Crippen MR) is 129 cm³/mol. The minimum atomic E-state index is -0.306. The van der Waals surface area contributed by atoms with Crippen molar-refractivity contribution in [2.75, 3.05) is 24.3 Å². The summed E-state index contributed by atoms with van der Waals surface area (Å²) in [7, 11) is 3.96. The lowest BCUT2D eigenvalue weighted by Crippen LogP contribution is -2.36. The number of nitrogens with zero attached hydrogens (tertiary/aromatic N) is 3. The molecule has 168 valence electrons. The van der Waals surface area contributed by atoms with Gasteiger partial charge in [-0.2, -0.15) is 4.98 Å². The van der Waals surface area contributed by atoms with Crippen molar-refractivity contribution in [3.05, 3.63) is 58.3 Å². The smallest absolute Gasteiger partial charge is 0.225 e. The van der Waals surface area contributed by atoms with E-state index >= 15 is 0 Å². The third kappa shape index (κ3) is 5.18. The van der Waals surface area contributed by atoms with Crippen LogP contribution in [0.3, 0.4) is 0 Å². The highest BCUT2D eigenvalue weighted by molar-refractivity contribution is 9.10. The molecule has 1 aliphatic rings. The van der Waals surface area contributed by atoms with Crippen molar-refractivity contribution >= 4 is 44.5 Å². The molecule has 1 amide bonds. The number of para-hydroxylation sites is 1. The lowest BCUT2D eigenvalue weighted by atomic mass is 9.85. The fraction of sp³-hybridized carbons (Fsp3) is 0.375. The van der Waals surface area contributed by atoms with E-state index in [-0.39, 0.29) is 23.7 Å². The molecule has 0 saturated heterocycles. The Kier molecular flexibility index (Phi) is 6.89. The zero-order chi connectivity index (χ0) is 22.7. The van der Waals surface area contributed by atoms with E-state index < -0.39 is 0 Å². The molecule has 0 bridgehead atoms. The number of fused-ring (bicyclic) bond motifs is 1. The van der Waals surface area contributed by atoms with Crippen LogP contribution in [0.25, 0.3) is 10.9 Å². The summed E-state index contributed by atoms with van der Waals surface area (Å²) in [5.41, 5.74) is 1.78. The number of hydrogen-bond acceptors (Lipinski definition) is 5. The number of carbonyl (C=O) groups is 1. The first kappa shape index (κ1) is 22.5. The third-order valence-electron chi connectivity index (χ3n) is 5.89. The van der Waals surface area contributed by atoms with Gasteiger partial charge in [0.05, 0.1) is 9.99 Å². The third-order valence-corrected chi connectivity index (χ3v) is 6.50. The van der Waals surface area contributed by atoms with E-state index in [9.17, 15) is 9.18 Å². The van der Waals surface area contributed by atoms with E-state index in [1.165, 1.54) is 6.07 Å². The topological polar surface area (TPSA) is 70.2 Å². The van der Waals surface area contributed by atoms with Crippen LogP contribution in [0.4, 0.5) is 16.2 Å². The molecular weight excluding hydrogens is 473 g/mol. The van der Waals surface area contributed by atoms with Gasteiger partial charge in [0, 0.05) is 38.0 Å². The summed E-state index contributed by atoms with van der Waals surface area (Å²) in [5, 5.41) is 7.49. The number of rotatable bonds is 6. The highest BCUT2D eigenvalue weighted by Crippen LogP contribution is 2.28. The molecular formula is C24H27BrFN5O.